The van der Waals surface area contributed by atoms with Crippen LogP contribution >= 0.6 is 11.3 Å². The first-order valence-corrected chi connectivity index (χ1v) is 19.3. The Morgan fingerprint density at radius 2 is 0.911 bits per heavy atom. The number of para-hydroxylation sites is 1. The van der Waals surface area contributed by atoms with E-state index in [9.17, 15) is 1.37 Å². The first kappa shape index (κ1) is 28.3. The van der Waals surface area contributed by atoms with E-state index < -0.39 is 0 Å². The summed E-state index contributed by atoms with van der Waals surface area (Å²) in [6, 6.07) is 56.7. The molecule has 262 valence electrons. The standard InChI is InChI=1S/C51H32N4S/c1-3-13-33(14-4-1)35-17-11-19-37(29-35)38-25-27-42-41-21-7-9-23-45(41)55(46(42)31-38)51-53-49(39-20-12-18-36(30-39)34-15-5-2-6-16-34)52-50(54-51)40-26-28-44-43-22-8-10-24-47(43)56-48(44)32-40/h1-32H/i7D,9D,21D,23D. The van der Waals surface area contributed by atoms with Gasteiger partial charge >= 0.3 is 0 Å². The van der Waals surface area contributed by atoms with Crippen molar-refractivity contribution in [2.24, 2.45) is 0 Å². The first-order chi connectivity index (χ1) is 29.4. The summed E-state index contributed by atoms with van der Waals surface area (Å²) in [5.74, 6) is 1.13. The van der Waals surface area contributed by atoms with Gasteiger partial charge in [0.25, 0.3) is 0 Å². The van der Waals surface area contributed by atoms with Crippen LogP contribution in [0, 0.1) is 0 Å². The van der Waals surface area contributed by atoms with Gasteiger partial charge in [0.2, 0.25) is 5.95 Å². The van der Waals surface area contributed by atoms with Crippen molar-refractivity contribution in [1.82, 2.24) is 19.5 Å². The van der Waals surface area contributed by atoms with Crippen molar-refractivity contribution in [1.29, 1.82) is 0 Å². The highest BCUT2D eigenvalue weighted by Crippen LogP contribution is 2.38. The number of aromatic nitrogens is 4. The molecule has 0 atom stereocenters. The van der Waals surface area contributed by atoms with E-state index in [1.807, 2.05) is 78.9 Å². The molecule has 0 spiro atoms. The molecule has 5 heteroatoms. The quantitative estimate of drug-likeness (QED) is 0.171. The van der Waals surface area contributed by atoms with E-state index in [-0.39, 0.29) is 30.1 Å². The second kappa shape index (κ2) is 13.3. The third-order valence-electron chi connectivity index (χ3n) is 10.4. The van der Waals surface area contributed by atoms with E-state index in [0.29, 0.717) is 33.5 Å². The van der Waals surface area contributed by atoms with Gasteiger partial charge in [-0.3, -0.25) is 4.57 Å². The predicted octanol–water partition coefficient (Wildman–Crippen LogP) is 13.7. The maximum atomic E-state index is 9.31. The molecule has 0 N–H and O–H groups in total. The van der Waals surface area contributed by atoms with Crippen LogP contribution in [0.15, 0.2) is 194 Å². The van der Waals surface area contributed by atoms with Gasteiger partial charge in [0.05, 0.1) is 16.5 Å². The van der Waals surface area contributed by atoms with Gasteiger partial charge in [0.15, 0.2) is 11.6 Å². The molecule has 0 saturated heterocycles. The predicted molar refractivity (Wildman–Crippen MR) is 234 cm³/mol. The average Bonchev–Trinajstić information content (AvgIpc) is 3.86. The molecule has 4 nitrogen and oxygen atoms in total. The fourth-order valence-corrected chi connectivity index (χ4v) is 8.81. The van der Waals surface area contributed by atoms with E-state index in [2.05, 4.69) is 91.0 Å². The zero-order chi connectivity index (χ0) is 40.5. The van der Waals surface area contributed by atoms with Crippen LogP contribution in [0.1, 0.15) is 5.48 Å². The number of fused-ring (bicyclic) bond motifs is 6. The molecule has 0 aliphatic rings. The van der Waals surface area contributed by atoms with Gasteiger partial charge in [-0.05, 0) is 69.8 Å². The van der Waals surface area contributed by atoms with Crippen molar-refractivity contribution in [2.45, 2.75) is 0 Å². The Bertz CT molecular complexity index is 3490. The van der Waals surface area contributed by atoms with E-state index in [1.54, 1.807) is 15.9 Å². The van der Waals surface area contributed by atoms with Crippen molar-refractivity contribution in [2.75, 3.05) is 0 Å². The Labute approximate surface area is 333 Å². The molecule has 11 rings (SSSR count). The second-order valence-electron chi connectivity index (χ2n) is 13.8. The van der Waals surface area contributed by atoms with Crippen molar-refractivity contribution in [3.63, 3.8) is 0 Å². The summed E-state index contributed by atoms with van der Waals surface area (Å²) in [7, 11) is 0. The third kappa shape index (κ3) is 5.56. The number of thiophene rings is 1. The minimum Gasteiger partial charge on any atom is -0.278 e. The normalized spacial score (nSPS) is 12.6. The maximum absolute atomic E-state index is 9.31. The van der Waals surface area contributed by atoms with E-state index in [0.717, 1.165) is 54.6 Å². The Kier molecular flexibility index (Phi) is 6.70. The molecule has 11 aromatic rings. The van der Waals surface area contributed by atoms with Gasteiger partial charge in [0, 0.05) is 42.1 Å². The molecule has 8 aromatic carbocycles. The molecule has 0 unspecified atom stereocenters. The summed E-state index contributed by atoms with van der Waals surface area (Å²) < 4.78 is 40.0. The topological polar surface area (TPSA) is 43.6 Å². The molecule has 56 heavy (non-hydrogen) atoms. The van der Waals surface area contributed by atoms with Crippen LogP contribution in [0.4, 0.5) is 0 Å². The van der Waals surface area contributed by atoms with E-state index >= 15 is 0 Å². The summed E-state index contributed by atoms with van der Waals surface area (Å²) in [6.07, 6.45) is 0. The lowest BCUT2D eigenvalue weighted by molar-refractivity contribution is 0.954. The molecule has 0 fully saturated rings. The van der Waals surface area contributed by atoms with Crippen LogP contribution in [-0.2, 0) is 0 Å². The van der Waals surface area contributed by atoms with Gasteiger partial charge in [-0.15, -0.1) is 11.3 Å². The monoisotopic (exact) mass is 736 g/mol. The third-order valence-corrected chi connectivity index (χ3v) is 11.5. The lowest BCUT2D eigenvalue weighted by Gasteiger charge is -2.12. The molecular weight excluding hydrogens is 701 g/mol. The van der Waals surface area contributed by atoms with Gasteiger partial charge in [-0.2, -0.15) is 9.97 Å². The fraction of sp³-hybridized carbons (Fsp3) is 0. The smallest absolute Gasteiger partial charge is 0.238 e. The number of hydrogen-bond acceptors (Lipinski definition) is 4. The van der Waals surface area contributed by atoms with Crippen LogP contribution < -0.4 is 0 Å². The summed E-state index contributed by atoms with van der Waals surface area (Å²) in [4.78, 5) is 15.5. The summed E-state index contributed by atoms with van der Waals surface area (Å²) >= 11 is 1.72. The summed E-state index contributed by atoms with van der Waals surface area (Å²) in [5.41, 5.74) is 8.70. The van der Waals surface area contributed by atoms with E-state index in [1.165, 1.54) is 10.1 Å². The van der Waals surface area contributed by atoms with Crippen LogP contribution in [-0.4, -0.2) is 19.5 Å². The molecule has 3 aromatic heterocycles. The van der Waals surface area contributed by atoms with Crippen molar-refractivity contribution >= 4 is 53.3 Å². The molecule has 0 amide bonds. The molecule has 0 aliphatic heterocycles. The van der Waals surface area contributed by atoms with E-state index in [4.69, 9.17) is 19.1 Å². The number of rotatable bonds is 6. The van der Waals surface area contributed by atoms with Crippen LogP contribution in [0.3, 0.4) is 0 Å². The molecule has 0 bridgehead atoms. The van der Waals surface area contributed by atoms with Gasteiger partial charge in [-0.25, -0.2) is 4.98 Å². The minimum atomic E-state index is -0.326. The Morgan fingerprint density at radius 3 is 1.66 bits per heavy atom. The molecule has 0 aliphatic carbocycles. The Hall–Kier alpha value is -7.21. The van der Waals surface area contributed by atoms with Crippen molar-refractivity contribution in [3.05, 3.63) is 194 Å². The second-order valence-corrected chi connectivity index (χ2v) is 14.9. The largest absolute Gasteiger partial charge is 0.278 e. The summed E-state index contributed by atoms with van der Waals surface area (Å²) in [5, 5.41) is 3.43. The number of benzene rings is 8. The lowest BCUT2D eigenvalue weighted by Crippen LogP contribution is -2.06. The highest BCUT2D eigenvalue weighted by atomic mass is 32.1. The van der Waals surface area contributed by atoms with Gasteiger partial charge in [-0.1, -0.05) is 158 Å². The number of nitrogens with zero attached hydrogens (tertiary/aromatic N) is 4. The first-order valence-electron chi connectivity index (χ1n) is 20.4. The Morgan fingerprint density at radius 1 is 0.375 bits per heavy atom. The van der Waals surface area contributed by atoms with Crippen LogP contribution in [0.2, 0.25) is 0 Å². The van der Waals surface area contributed by atoms with Crippen molar-refractivity contribution < 1.29 is 5.48 Å². The lowest BCUT2D eigenvalue weighted by atomic mass is 9.98. The minimum absolute atomic E-state index is 0.117. The molecule has 3 heterocycles. The van der Waals surface area contributed by atoms with Crippen LogP contribution in [0.25, 0.3) is 104 Å². The summed E-state index contributed by atoms with van der Waals surface area (Å²) in [6.45, 7) is 0. The van der Waals surface area contributed by atoms with Gasteiger partial charge in [0.1, 0.15) is 0 Å². The zero-order valence-corrected chi connectivity index (χ0v) is 30.7. The highest BCUT2D eigenvalue weighted by molar-refractivity contribution is 7.25. The van der Waals surface area contributed by atoms with Crippen molar-refractivity contribution in [3.8, 4) is 62.1 Å². The maximum Gasteiger partial charge on any atom is 0.238 e. The molecule has 0 radical (unpaired) electrons. The SMILES string of the molecule is [2H]c1c([2H])c([2H])c2c(c1[2H])c1ccc(-c3cccc(-c4ccccc4)c3)cc1n2-c1nc(-c2cccc(-c3ccccc3)c2)nc(-c2ccc3c(c2)sc2ccccc23)n1. The van der Waals surface area contributed by atoms with Crippen LogP contribution in [0.5, 0.6) is 0 Å². The number of hydrogen-bond donors (Lipinski definition) is 0. The highest BCUT2D eigenvalue weighted by Gasteiger charge is 2.19. The Balaban J connectivity index is 1.19. The molecular formula is C51H32N4S. The average molecular weight is 737 g/mol. The molecule has 0 saturated carbocycles. The van der Waals surface area contributed by atoms with Gasteiger partial charge < -0.3 is 0 Å². The fourth-order valence-electron chi connectivity index (χ4n) is 7.67. The zero-order valence-electron chi connectivity index (χ0n) is 33.9.